The van der Waals surface area contributed by atoms with Crippen molar-refractivity contribution in [1.82, 2.24) is 0 Å². The summed E-state index contributed by atoms with van der Waals surface area (Å²) in [4.78, 5) is 0. The van der Waals surface area contributed by atoms with Crippen LogP contribution in [-0.2, 0) is 4.74 Å². The fourth-order valence-corrected chi connectivity index (χ4v) is 1.49. The van der Waals surface area contributed by atoms with Gasteiger partial charge in [0.2, 0.25) is 0 Å². The van der Waals surface area contributed by atoms with Crippen molar-refractivity contribution in [2.75, 3.05) is 19.8 Å². The van der Waals surface area contributed by atoms with E-state index in [1.165, 1.54) is 0 Å². The molecule has 0 amide bonds. The molecular weight excluding hydrogens is 301 g/mol. The minimum absolute atomic E-state index is 0.0317. The lowest BCUT2D eigenvalue weighted by atomic mass is 10.3. The summed E-state index contributed by atoms with van der Waals surface area (Å²) in [6.07, 6.45) is -3.85. The molecule has 0 aromatic heterocycles. The van der Waals surface area contributed by atoms with Crippen molar-refractivity contribution >= 4 is 15.9 Å². The summed E-state index contributed by atoms with van der Waals surface area (Å²) in [5.74, 6) is 0.670. The van der Waals surface area contributed by atoms with Crippen molar-refractivity contribution in [2.45, 2.75) is 12.6 Å². The highest BCUT2D eigenvalue weighted by atomic mass is 79.9. The average molecular weight is 313 g/mol. The first-order valence-electron chi connectivity index (χ1n) is 5.01. The van der Waals surface area contributed by atoms with E-state index >= 15 is 0 Å². The molecule has 0 bridgehead atoms. The Morgan fingerprint density at radius 2 is 1.82 bits per heavy atom. The SMILES string of the molecule is FC(F)(F)COCCCOc1ccccc1Br. The summed E-state index contributed by atoms with van der Waals surface area (Å²) in [7, 11) is 0. The minimum Gasteiger partial charge on any atom is -0.492 e. The van der Waals surface area contributed by atoms with Crippen LogP contribution < -0.4 is 4.74 Å². The molecule has 0 aliphatic heterocycles. The van der Waals surface area contributed by atoms with Crippen LogP contribution in [0.25, 0.3) is 0 Å². The third kappa shape index (κ3) is 6.53. The summed E-state index contributed by atoms with van der Waals surface area (Å²) in [6, 6.07) is 7.28. The van der Waals surface area contributed by atoms with E-state index in [1.54, 1.807) is 6.07 Å². The first-order chi connectivity index (χ1) is 7.99. The lowest BCUT2D eigenvalue weighted by molar-refractivity contribution is -0.174. The molecule has 0 saturated carbocycles. The molecule has 1 aromatic rings. The predicted octanol–water partition coefficient (Wildman–Crippen LogP) is 3.80. The van der Waals surface area contributed by atoms with E-state index in [0.29, 0.717) is 18.8 Å². The molecule has 0 aliphatic carbocycles. The minimum atomic E-state index is -4.26. The van der Waals surface area contributed by atoms with Crippen LogP contribution in [-0.4, -0.2) is 26.0 Å². The summed E-state index contributed by atoms with van der Waals surface area (Å²) in [6.45, 7) is -0.855. The van der Waals surface area contributed by atoms with Crippen LogP contribution >= 0.6 is 15.9 Å². The lowest BCUT2D eigenvalue weighted by Gasteiger charge is -2.09. The van der Waals surface area contributed by atoms with Gasteiger partial charge in [0.05, 0.1) is 17.7 Å². The van der Waals surface area contributed by atoms with E-state index in [0.717, 1.165) is 4.47 Å². The molecule has 6 heteroatoms. The Morgan fingerprint density at radius 1 is 1.12 bits per heavy atom. The first-order valence-corrected chi connectivity index (χ1v) is 5.80. The number of rotatable bonds is 6. The third-order valence-electron chi connectivity index (χ3n) is 1.79. The molecule has 1 rings (SSSR count). The maximum Gasteiger partial charge on any atom is 0.411 e. The van der Waals surface area contributed by atoms with Gasteiger partial charge in [-0.05, 0) is 28.1 Å². The van der Waals surface area contributed by atoms with Gasteiger partial charge in [-0.1, -0.05) is 12.1 Å². The zero-order valence-electron chi connectivity index (χ0n) is 8.97. The highest BCUT2D eigenvalue weighted by Crippen LogP contribution is 2.23. The lowest BCUT2D eigenvalue weighted by Crippen LogP contribution is -2.18. The number of hydrogen-bond acceptors (Lipinski definition) is 2. The second kappa shape index (κ2) is 6.86. The van der Waals surface area contributed by atoms with Crippen LogP contribution in [0.3, 0.4) is 0 Å². The largest absolute Gasteiger partial charge is 0.492 e. The first kappa shape index (κ1) is 14.3. The molecule has 0 spiro atoms. The Morgan fingerprint density at radius 3 is 2.47 bits per heavy atom. The Balaban J connectivity index is 2.11. The highest BCUT2D eigenvalue weighted by Gasteiger charge is 2.27. The predicted molar refractivity (Wildman–Crippen MR) is 61.1 cm³/mol. The zero-order chi connectivity index (χ0) is 12.7. The van der Waals surface area contributed by atoms with Gasteiger partial charge >= 0.3 is 6.18 Å². The number of ether oxygens (including phenoxy) is 2. The molecule has 2 nitrogen and oxygen atoms in total. The normalized spacial score (nSPS) is 11.5. The van der Waals surface area contributed by atoms with Crippen LogP contribution in [0.1, 0.15) is 6.42 Å². The highest BCUT2D eigenvalue weighted by molar-refractivity contribution is 9.10. The Labute approximate surface area is 106 Å². The van der Waals surface area contributed by atoms with Gasteiger partial charge in [-0.15, -0.1) is 0 Å². The molecule has 0 radical (unpaired) electrons. The van der Waals surface area contributed by atoms with Gasteiger partial charge in [0.15, 0.2) is 0 Å². The molecule has 1 aromatic carbocycles. The fourth-order valence-electron chi connectivity index (χ4n) is 1.09. The maximum absolute atomic E-state index is 11.7. The van der Waals surface area contributed by atoms with Crippen molar-refractivity contribution in [2.24, 2.45) is 0 Å². The van der Waals surface area contributed by atoms with Crippen LogP contribution in [0.15, 0.2) is 28.7 Å². The molecule has 96 valence electrons. The number of benzene rings is 1. The van der Waals surface area contributed by atoms with Crippen molar-refractivity contribution in [3.8, 4) is 5.75 Å². The quantitative estimate of drug-likeness (QED) is 0.744. The van der Waals surface area contributed by atoms with Crippen LogP contribution in [0.4, 0.5) is 13.2 Å². The number of para-hydroxylation sites is 1. The molecule has 0 saturated heterocycles. The van der Waals surface area contributed by atoms with Crippen molar-refractivity contribution in [1.29, 1.82) is 0 Å². The zero-order valence-corrected chi connectivity index (χ0v) is 10.6. The van der Waals surface area contributed by atoms with Crippen molar-refractivity contribution in [3.63, 3.8) is 0 Å². The summed E-state index contributed by atoms with van der Waals surface area (Å²) in [5.41, 5.74) is 0. The van der Waals surface area contributed by atoms with E-state index in [-0.39, 0.29) is 6.61 Å². The molecular formula is C11H12BrF3O2. The van der Waals surface area contributed by atoms with Crippen molar-refractivity contribution in [3.05, 3.63) is 28.7 Å². The van der Waals surface area contributed by atoms with E-state index < -0.39 is 12.8 Å². The topological polar surface area (TPSA) is 18.5 Å². The number of hydrogen-bond donors (Lipinski definition) is 0. The second-order valence-corrected chi connectivity index (χ2v) is 4.15. The van der Waals surface area contributed by atoms with Gasteiger partial charge < -0.3 is 9.47 Å². The molecule has 0 N–H and O–H groups in total. The monoisotopic (exact) mass is 312 g/mol. The van der Waals surface area contributed by atoms with Crippen LogP contribution in [0.2, 0.25) is 0 Å². The van der Waals surface area contributed by atoms with E-state index in [1.807, 2.05) is 18.2 Å². The molecule has 0 unspecified atom stereocenters. The van der Waals surface area contributed by atoms with Gasteiger partial charge in [-0.2, -0.15) is 13.2 Å². The fraction of sp³-hybridized carbons (Fsp3) is 0.455. The number of halogens is 4. The molecule has 0 aliphatic rings. The Bertz CT molecular complexity index is 342. The van der Waals surface area contributed by atoms with Crippen LogP contribution in [0.5, 0.6) is 5.75 Å². The van der Waals surface area contributed by atoms with Gasteiger partial charge in [0.1, 0.15) is 12.4 Å². The molecule has 0 fully saturated rings. The summed E-state index contributed by atoms with van der Waals surface area (Å²) in [5, 5.41) is 0. The molecule has 17 heavy (non-hydrogen) atoms. The molecule has 0 atom stereocenters. The van der Waals surface area contributed by atoms with Crippen LogP contribution in [0, 0.1) is 0 Å². The summed E-state index contributed by atoms with van der Waals surface area (Å²) < 4.78 is 45.8. The Hall–Kier alpha value is -0.750. The number of alkyl halides is 3. The van der Waals surface area contributed by atoms with E-state index in [9.17, 15) is 13.2 Å². The van der Waals surface area contributed by atoms with Gasteiger partial charge in [0, 0.05) is 6.42 Å². The standard InChI is InChI=1S/C11H12BrF3O2/c12-9-4-1-2-5-10(9)17-7-3-6-16-8-11(13,14)15/h1-2,4-5H,3,6-8H2. The van der Waals surface area contributed by atoms with Gasteiger partial charge in [0.25, 0.3) is 0 Å². The van der Waals surface area contributed by atoms with E-state index in [4.69, 9.17) is 4.74 Å². The average Bonchev–Trinajstić information content (AvgIpc) is 2.24. The second-order valence-electron chi connectivity index (χ2n) is 3.30. The smallest absolute Gasteiger partial charge is 0.411 e. The molecule has 0 heterocycles. The van der Waals surface area contributed by atoms with Gasteiger partial charge in [-0.3, -0.25) is 0 Å². The van der Waals surface area contributed by atoms with Gasteiger partial charge in [-0.25, -0.2) is 0 Å². The Kier molecular flexibility index (Phi) is 5.77. The third-order valence-corrected chi connectivity index (χ3v) is 2.45. The summed E-state index contributed by atoms with van der Waals surface area (Å²) >= 11 is 3.30. The van der Waals surface area contributed by atoms with Crippen molar-refractivity contribution < 1.29 is 22.6 Å². The maximum atomic E-state index is 11.7. The van der Waals surface area contributed by atoms with E-state index in [2.05, 4.69) is 20.7 Å².